The van der Waals surface area contributed by atoms with Crippen LogP contribution in [0.5, 0.6) is 0 Å². The minimum Gasteiger partial charge on any atom is -0.371 e. The highest BCUT2D eigenvalue weighted by Crippen LogP contribution is 2.35. The first-order chi connectivity index (χ1) is 14.5. The Morgan fingerprint density at radius 2 is 1.87 bits per heavy atom. The van der Waals surface area contributed by atoms with Gasteiger partial charge >= 0.3 is 0 Å². The van der Waals surface area contributed by atoms with Gasteiger partial charge in [-0.05, 0) is 56.1 Å². The van der Waals surface area contributed by atoms with Gasteiger partial charge in [0.05, 0.1) is 10.4 Å². The molecule has 0 spiro atoms. The van der Waals surface area contributed by atoms with Crippen LogP contribution in [0.15, 0.2) is 59.6 Å². The summed E-state index contributed by atoms with van der Waals surface area (Å²) in [6, 6.07) is 13.4. The molecular formula is C24H27N3O2S. The van der Waals surface area contributed by atoms with Crippen LogP contribution >= 0.6 is 0 Å². The van der Waals surface area contributed by atoms with Crippen molar-refractivity contribution >= 4 is 32.2 Å². The lowest BCUT2D eigenvalue weighted by atomic mass is 9.99. The monoisotopic (exact) mass is 421 g/mol. The lowest BCUT2D eigenvalue weighted by Crippen LogP contribution is -2.23. The van der Waals surface area contributed by atoms with Crippen LogP contribution in [0.4, 0.5) is 5.69 Å². The average Bonchev–Trinajstić information content (AvgIpc) is 3.35. The summed E-state index contributed by atoms with van der Waals surface area (Å²) in [4.78, 5) is 4.87. The molecule has 0 fully saturated rings. The molecular weight excluding hydrogens is 394 g/mol. The topological polar surface area (TPSA) is 45.6 Å². The second kappa shape index (κ2) is 7.29. The maximum absolute atomic E-state index is 13.7. The second-order valence-corrected chi connectivity index (χ2v) is 10.0. The van der Waals surface area contributed by atoms with E-state index in [1.165, 1.54) is 15.1 Å². The normalized spacial score (nSPS) is 17.4. The van der Waals surface area contributed by atoms with Crippen LogP contribution in [-0.4, -0.2) is 50.5 Å². The van der Waals surface area contributed by atoms with E-state index in [1.807, 2.05) is 42.6 Å². The molecule has 1 aromatic heterocycles. The number of nitrogens with zero attached hydrogens (tertiary/aromatic N) is 3. The van der Waals surface area contributed by atoms with Crippen LogP contribution in [0.25, 0.3) is 16.5 Å². The van der Waals surface area contributed by atoms with Crippen LogP contribution in [0, 0.1) is 0 Å². The van der Waals surface area contributed by atoms with Crippen molar-refractivity contribution in [2.75, 3.05) is 38.1 Å². The summed E-state index contributed by atoms with van der Waals surface area (Å²) in [6.45, 7) is 5.82. The number of benzene rings is 2. The first-order valence-corrected chi connectivity index (χ1v) is 12.0. The van der Waals surface area contributed by atoms with Gasteiger partial charge in [-0.2, -0.15) is 0 Å². The highest BCUT2D eigenvalue weighted by Gasteiger charge is 2.26. The van der Waals surface area contributed by atoms with Gasteiger partial charge in [0.2, 0.25) is 0 Å². The third kappa shape index (κ3) is 3.06. The van der Waals surface area contributed by atoms with E-state index in [9.17, 15) is 8.42 Å². The van der Waals surface area contributed by atoms with Gasteiger partial charge in [-0.25, -0.2) is 12.4 Å². The van der Waals surface area contributed by atoms with Crippen LogP contribution in [0.1, 0.15) is 24.5 Å². The highest BCUT2D eigenvalue weighted by molar-refractivity contribution is 7.90. The quantitative estimate of drug-likeness (QED) is 0.639. The third-order valence-electron chi connectivity index (χ3n) is 6.42. The van der Waals surface area contributed by atoms with Crippen molar-refractivity contribution < 1.29 is 8.42 Å². The van der Waals surface area contributed by atoms with E-state index in [1.54, 1.807) is 6.07 Å². The van der Waals surface area contributed by atoms with E-state index in [0.717, 1.165) is 61.2 Å². The minimum atomic E-state index is -3.70. The van der Waals surface area contributed by atoms with Crippen LogP contribution in [0.2, 0.25) is 0 Å². The van der Waals surface area contributed by atoms with Crippen LogP contribution in [0.3, 0.4) is 0 Å². The fraction of sp³-hybridized carbons (Fsp3) is 0.333. The molecule has 0 amide bonds. The summed E-state index contributed by atoms with van der Waals surface area (Å²) in [5, 5.41) is 0.994. The molecule has 5 nitrogen and oxygen atoms in total. The number of rotatable bonds is 4. The van der Waals surface area contributed by atoms with Gasteiger partial charge in [-0.3, -0.25) is 0 Å². The largest absolute Gasteiger partial charge is 0.371 e. The number of hydrogen-bond donors (Lipinski definition) is 0. The van der Waals surface area contributed by atoms with Crippen molar-refractivity contribution in [3.8, 4) is 0 Å². The van der Waals surface area contributed by atoms with Crippen LogP contribution in [-0.2, 0) is 16.4 Å². The Morgan fingerprint density at radius 1 is 1.03 bits per heavy atom. The summed E-state index contributed by atoms with van der Waals surface area (Å²) in [5.74, 6) is 0. The van der Waals surface area contributed by atoms with E-state index in [4.69, 9.17) is 0 Å². The first-order valence-electron chi connectivity index (χ1n) is 10.6. The molecule has 3 heterocycles. The summed E-state index contributed by atoms with van der Waals surface area (Å²) < 4.78 is 28.9. The van der Waals surface area contributed by atoms with Gasteiger partial charge in [0.15, 0.2) is 0 Å². The Morgan fingerprint density at radius 3 is 2.63 bits per heavy atom. The molecule has 30 heavy (non-hydrogen) atoms. The fourth-order valence-corrected chi connectivity index (χ4v) is 6.04. The van der Waals surface area contributed by atoms with Gasteiger partial charge in [0.1, 0.15) is 0 Å². The van der Waals surface area contributed by atoms with Gasteiger partial charge in [0, 0.05) is 49.0 Å². The number of anilines is 1. The molecule has 156 valence electrons. The van der Waals surface area contributed by atoms with Crippen molar-refractivity contribution in [1.82, 2.24) is 8.87 Å². The molecule has 0 aliphatic carbocycles. The maximum Gasteiger partial charge on any atom is 0.268 e. The molecule has 0 bridgehead atoms. The Kier molecular flexibility index (Phi) is 4.71. The molecule has 2 aliphatic heterocycles. The Balaban J connectivity index is 1.65. The van der Waals surface area contributed by atoms with Gasteiger partial charge in [0.25, 0.3) is 10.0 Å². The zero-order valence-electron chi connectivity index (χ0n) is 17.5. The predicted octanol–water partition coefficient (Wildman–Crippen LogP) is 3.98. The number of fused-ring (bicyclic) bond motifs is 2. The Bertz CT molecular complexity index is 1260. The third-order valence-corrected chi connectivity index (χ3v) is 8.09. The first kappa shape index (κ1) is 19.4. The summed E-state index contributed by atoms with van der Waals surface area (Å²) in [5.41, 5.74) is 5.27. The Labute approximate surface area is 178 Å². The molecule has 0 atom stereocenters. The summed E-state index contributed by atoms with van der Waals surface area (Å²) in [6.07, 6.45) is 5.94. The average molecular weight is 422 g/mol. The number of para-hydroxylation sites is 1. The molecule has 0 N–H and O–H groups in total. The molecule has 0 radical (unpaired) electrons. The van der Waals surface area contributed by atoms with E-state index in [2.05, 4.69) is 29.8 Å². The lowest BCUT2D eigenvalue weighted by Gasteiger charge is -2.21. The second-order valence-electron chi connectivity index (χ2n) is 8.22. The molecule has 2 aromatic carbocycles. The van der Waals surface area contributed by atoms with Crippen molar-refractivity contribution in [2.45, 2.75) is 24.7 Å². The molecule has 6 heteroatoms. The minimum absolute atomic E-state index is 0.353. The van der Waals surface area contributed by atoms with E-state index in [-0.39, 0.29) is 0 Å². The number of aromatic nitrogens is 1. The van der Waals surface area contributed by atoms with Crippen molar-refractivity contribution in [1.29, 1.82) is 0 Å². The van der Waals surface area contributed by atoms with E-state index >= 15 is 0 Å². The van der Waals surface area contributed by atoms with E-state index in [0.29, 0.717) is 4.90 Å². The zero-order valence-corrected chi connectivity index (χ0v) is 18.3. The molecule has 0 saturated carbocycles. The predicted molar refractivity (Wildman–Crippen MR) is 123 cm³/mol. The summed E-state index contributed by atoms with van der Waals surface area (Å²) >= 11 is 0. The standard InChI is InChI=1S/C24H27N3O2S/c1-3-26-15-12-19-8-9-20(16-24(19)26)30(28,29)27-17-22(18-10-13-25(2)14-11-18)21-6-4-5-7-23(21)27/h4-10,16-17H,3,11-15H2,1-2H3. The maximum atomic E-state index is 13.7. The smallest absolute Gasteiger partial charge is 0.268 e. The Hall–Kier alpha value is -2.57. The molecule has 3 aromatic rings. The van der Waals surface area contributed by atoms with Crippen molar-refractivity contribution in [2.24, 2.45) is 0 Å². The van der Waals surface area contributed by atoms with Gasteiger partial charge < -0.3 is 9.80 Å². The van der Waals surface area contributed by atoms with Crippen molar-refractivity contribution in [3.05, 3.63) is 65.9 Å². The fourth-order valence-electron chi connectivity index (χ4n) is 4.65. The lowest BCUT2D eigenvalue weighted by molar-refractivity contribution is 0.370. The van der Waals surface area contributed by atoms with Gasteiger partial charge in [-0.1, -0.05) is 30.3 Å². The number of likely N-dealkylation sites (N-methyl/N-ethyl adjacent to an activating group) is 2. The molecule has 0 unspecified atom stereocenters. The SMILES string of the molecule is CCN1CCc2ccc(S(=O)(=O)n3cc(C4=CCN(C)CC4)c4ccccc43)cc21. The summed E-state index contributed by atoms with van der Waals surface area (Å²) in [7, 11) is -1.59. The van der Waals surface area contributed by atoms with E-state index < -0.39 is 10.0 Å². The van der Waals surface area contributed by atoms with Crippen molar-refractivity contribution in [3.63, 3.8) is 0 Å². The molecule has 2 aliphatic rings. The van der Waals surface area contributed by atoms with Gasteiger partial charge in [-0.15, -0.1) is 0 Å². The molecule has 5 rings (SSSR count). The highest BCUT2D eigenvalue weighted by atomic mass is 32.2. The van der Waals surface area contributed by atoms with Crippen LogP contribution < -0.4 is 4.90 Å². The molecule has 0 saturated heterocycles. The zero-order chi connectivity index (χ0) is 20.9. The number of hydrogen-bond acceptors (Lipinski definition) is 4.